The van der Waals surface area contributed by atoms with Crippen molar-refractivity contribution in [2.75, 3.05) is 11.9 Å². The van der Waals surface area contributed by atoms with Crippen LogP contribution in [0.25, 0.3) is 0 Å². The molecule has 100 valence electrons. The summed E-state index contributed by atoms with van der Waals surface area (Å²) in [6, 6.07) is 8.24. The van der Waals surface area contributed by atoms with Gasteiger partial charge in [-0.3, -0.25) is 0 Å². The predicted molar refractivity (Wildman–Crippen MR) is 81.3 cm³/mol. The lowest BCUT2D eigenvalue weighted by Gasteiger charge is -2.19. The molecule has 18 heavy (non-hydrogen) atoms. The molecule has 1 rings (SSSR count). The van der Waals surface area contributed by atoms with E-state index in [1.54, 1.807) is 0 Å². The van der Waals surface area contributed by atoms with Gasteiger partial charge in [0.15, 0.2) is 5.11 Å². The molecule has 1 aromatic carbocycles. The summed E-state index contributed by atoms with van der Waals surface area (Å²) in [6.45, 7) is 6.92. The SMILES string of the molecule is CCOc1ccccc1NC(=S)NC(CC)CC. The Balaban J connectivity index is 2.63. The highest BCUT2D eigenvalue weighted by atomic mass is 32.1. The van der Waals surface area contributed by atoms with E-state index in [0.29, 0.717) is 17.8 Å². The van der Waals surface area contributed by atoms with E-state index >= 15 is 0 Å². The van der Waals surface area contributed by atoms with Crippen LogP contribution in [0.4, 0.5) is 5.69 Å². The van der Waals surface area contributed by atoms with E-state index in [1.807, 2.05) is 31.2 Å². The molecule has 0 aromatic heterocycles. The molecular formula is C14H22N2OS. The first-order chi connectivity index (χ1) is 8.71. The third kappa shape index (κ3) is 4.53. The van der Waals surface area contributed by atoms with Crippen molar-refractivity contribution in [2.45, 2.75) is 39.7 Å². The highest BCUT2D eigenvalue weighted by Gasteiger charge is 2.07. The summed E-state index contributed by atoms with van der Waals surface area (Å²) < 4.78 is 5.55. The summed E-state index contributed by atoms with van der Waals surface area (Å²) in [5, 5.41) is 7.14. The highest BCUT2D eigenvalue weighted by molar-refractivity contribution is 7.80. The van der Waals surface area contributed by atoms with E-state index in [1.165, 1.54) is 0 Å². The Morgan fingerprint density at radius 1 is 1.22 bits per heavy atom. The second kappa shape index (κ2) is 7.93. The molecule has 4 heteroatoms. The van der Waals surface area contributed by atoms with Gasteiger partial charge in [-0.2, -0.15) is 0 Å². The van der Waals surface area contributed by atoms with Crippen molar-refractivity contribution < 1.29 is 4.74 Å². The number of rotatable bonds is 6. The second-order valence-corrected chi connectivity index (χ2v) is 4.45. The molecule has 0 amide bonds. The monoisotopic (exact) mass is 266 g/mol. The lowest BCUT2D eigenvalue weighted by molar-refractivity contribution is 0.342. The first-order valence-electron chi connectivity index (χ1n) is 6.50. The molecule has 0 atom stereocenters. The number of anilines is 1. The Labute approximate surface area is 115 Å². The second-order valence-electron chi connectivity index (χ2n) is 4.04. The summed E-state index contributed by atoms with van der Waals surface area (Å²) in [5.74, 6) is 0.827. The van der Waals surface area contributed by atoms with E-state index in [2.05, 4.69) is 24.5 Å². The van der Waals surface area contributed by atoms with Gasteiger partial charge >= 0.3 is 0 Å². The van der Waals surface area contributed by atoms with Crippen LogP contribution in [-0.4, -0.2) is 17.8 Å². The summed E-state index contributed by atoms with van der Waals surface area (Å²) in [4.78, 5) is 0. The zero-order valence-electron chi connectivity index (χ0n) is 11.3. The van der Waals surface area contributed by atoms with Gasteiger partial charge in [0.25, 0.3) is 0 Å². The molecule has 1 aromatic rings. The maximum Gasteiger partial charge on any atom is 0.171 e. The third-order valence-electron chi connectivity index (χ3n) is 2.76. The number of nitrogens with one attached hydrogen (secondary N) is 2. The molecule has 0 bridgehead atoms. The molecule has 0 saturated heterocycles. The molecule has 2 N–H and O–H groups in total. The fourth-order valence-corrected chi connectivity index (χ4v) is 1.96. The molecule has 0 fully saturated rings. The maximum atomic E-state index is 5.55. The molecule has 0 saturated carbocycles. The molecule has 3 nitrogen and oxygen atoms in total. The van der Waals surface area contributed by atoms with Crippen molar-refractivity contribution >= 4 is 23.0 Å². The fraction of sp³-hybridized carbons (Fsp3) is 0.500. The largest absolute Gasteiger partial charge is 0.492 e. The van der Waals surface area contributed by atoms with Crippen molar-refractivity contribution in [3.63, 3.8) is 0 Å². The van der Waals surface area contributed by atoms with Crippen LogP contribution in [0.5, 0.6) is 5.75 Å². The highest BCUT2D eigenvalue weighted by Crippen LogP contribution is 2.23. The fourth-order valence-electron chi connectivity index (χ4n) is 1.69. The van der Waals surface area contributed by atoms with Crippen LogP contribution >= 0.6 is 12.2 Å². The van der Waals surface area contributed by atoms with Crippen LogP contribution in [0.15, 0.2) is 24.3 Å². The predicted octanol–water partition coefficient (Wildman–Crippen LogP) is 3.56. The van der Waals surface area contributed by atoms with Crippen molar-refractivity contribution in [2.24, 2.45) is 0 Å². The van der Waals surface area contributed by atoms with Gasteiger partial charge < -0.3 is 15.4 Å². The Morgan fingerprint density at radius 2 is 1.89 bits per heavy atom. The van der Waals surface area contributed by atoms with Gasteiger partial charge in [0.1, 0.15) is 5.75 Å². The van der Waals surface area contributed by atoms with Gasteiger partial charge in [-0.25, -0.2) is 0 Å². The van der Waals surface area contributed by atoms with Crippen LogP contribution in [0.2, 0.25) is 0 Å². The van der Waals surface area contributed by atoms with Gasteiger partial charge in [-0.1, -0.05) is 26.0 Å². The zero-order valence-corrected chi connectivity index (χ0v) is 12.1. The van der Waals surface area contributed by atoms with Crippen LogP contribution < -0.4 is 15.4 Å². The molecule has 0 aliphatic rings. The number of ether oxygens (including phenoxy) is 1. The summed E-state index contributed by atoms with van der Waals surface area (Å²) in [6.07, 6.45) is 2.12. The Hall–Kier alpha value is -1.29. The third-order valence-corrected chi connectivity index (χ3v) is 2.98. The lowest BCUT2D eigenvalue weighted by Crippen LogP contribution is -2.37. The summed E-state index contributed by atoms with van der Waals surface area (Å²) in [7, 11) is 0. The molecule has 0 unspecified atom stereocenters. The van der Waals surface area contributed by atoms with Gasteiger partial charge in [-0.05, 0) is 44.1 Å². The maximum absolute atomic E-state index is 5.55. The van der Waals surface area contributed by atoms with E-state index in [4.69, 9.17) is 17.0 Å². The Morgan fingerprint density at radius 3 is 2.50 bits per heavy atom. The summed E-state index contributed by atoms with van der Waals surface area (Å²) >= 11 is 5.31. The molecule has 0 radical (unpaired) electrons. The van der Waals surface area contributed by atoms with E-state index in [-0.39, 0.29) is 0 Å². The van der Waals surface area contributed by atoms with Crippen molar-refractivity contribution in [1.29, 1.82) is 0 Å². The standard InChI is InChI=1S/C14H22N2OS/c1-4-11(5-2)15-14(18)16-12-9-7-8-10-13(12)17-6-3/h7-11H,4-6H2,1-3H3,(H2,15,16,18). The Kier molecular flexibility index (Phi) is 6.50. The zero-order chi connectivity index (χ0) is 13.4. The number of thiocarbonyl (C=S) groups is 1. The smallest absolute Gasteiger partial charge is 0.171 e. The Bertz CT molecular complexity index is 378. The minimum atomic E-state index is 0.421. The van der Waals surface area contributed by atoms with Crippen molar-refractivity contribution in [1.82, 2.24) is 5.32 Å². The summed E-state index contributed by atoms with van der Waals surface area (Å²) in [5.41, 5.74) is 0.905. The number of benzene rings is 1. The van der Waals surface area contributed by atoms with Gasteiger partial charge in [0.05, 0.1) is 12.3 Å². The quantitative estimate of drug-likeness (QED) is 0.771. The van der Waals surface area contributed by atoms with E-state index in [9.17, 15) is 0 Å². The molecular weight excluding hydrogens is 244 g/mol. The lowest BCUT2D eigenvalue weighted by atomic mass is 10.2. The number of hydrogen-bond donors (Lipinski definition) is 2. The molecule has 0 heterocycles. The van der Waals surface area contributed by atoms with Gasteiger partial charge in [0, 0.05) is 6.04 Å². The van der Waals surface area contributed by atoms with E-state index in [0.717, 1.165) is 24.3 Å². The topological polar surface area (TPSA) is 33.3 Å². The molecule has 0 aliphatic heterocycles. The first kappa shape index (κ1) is 14.8. The van der Waals surface area contributed by atoms with Crippen molar-refractivity contribution in [3.8, 4) is 5.75 Å². The number of para-hydroxylation sites is 2. The van der Waals surface area contributed by atoms with Gasteiger partial charge in [0.2, 0.25) is 0 Å². The van der Waals surface area contributed by atoms with Gasteiger partial charge in [-0.15, -0.1) is 0 Å². The minimum absolute atomic E-state index is 0.421. The molecule has 0 spiro atoms. The van der Waals surface area contributed by atoms with Crippen LogP contribution in [0.1, 0.15) is 33.6 Å². The average Bonchev–Trinajstić information content (AvgIpc) is 2.38. The minimum Gasteiger partial charge on any atom is -0.492 e. The first-order valence-corrected chi connectivity index (χ1v) is 6.91. The van der Waals surface area contributed by atoms with E-state index < -0.39 is 0 Å². The van der Waals surface area contributed by atoms with Crippen LogP contribution in [0.3, 0.4) is 0 Å². The van der Waals surface area contributed by atoms with Crippen LogP contribution in [0, 0.1) is 0 Å². The normalized spacial score (nSPS) is 10.2. The average molecular weight is 266 g/mol. The van der Waals surface area contributed by atoms with Crippen molar-refractivity contribution in [3.05, 3.63) is 24.3 Å². The number of hydrogen-bond acceptors (Lipinski definition) is 2. The van der Waals surface area contributed by atoms with Crippen LogP contribution in [-0.2, 0) is 0 Å². The molecule has 0 aliphatic carbocycles.